The van der Waals surface area contributed by atoms with Crippen LogP contribution in [0.1, 0.15) is 98.2 Å². The molecular formula is C44H47N2OP. The highest BCUT2D eigenvalue weighted by molar-refractivity contribution is 7.67. The van der Waals surface area contributed by atoms with Crippen LogP contribution >= 0.6 is 7.92 Å². The largest absolute Gasteiger partial charge is 0.286 e. The first-order chi connectivity index (χ1) is 23.8. The van der Waals surface area contributed by atoms with Gasteiger partial charge in [0.1, 0.15) is 5.84 Å². The molecule has 1 heterocycles. The molecule has 3 nitrogen and oxygen atoms in total. The van der Waals surface area contributed by atoms with Crippen molar-refractivity contribution in [2.75, 3.05) is 0 Å². The van der Waals surface area contributed by atoms with E-state index in [1.54, 1.807) is 0 Å². The lowest BCUT2D eigenvalue weighted by atomic mass is 9.84. The number of carbonyl (C=O) groups is 1. The number of rotatable bonds is 7. The van der Waals surface area contributed by atoms with Crippen molar-refractivity contribution in [1.82, 2.24) is 4.90 Å². The van der Waals surface area contributed by atoms with E-state index in [-0.39, 0.29) is 31.8 Å². The maximum Gasteiger partial charge on any atom is 0.259 e. The summed E-state index contributed by atoms with van der Waals surface area (Å²) in [6.45, 7) is 0. The Morgan fingerprint density at radius 1 is 0.688 bits per heavy atom. The summed E-state index contributed by atoms with van der Waals surface area (Å²) in [4.78, 5) is 23.0. The third kappa shape index (κ3) is 6.23. The van der Waals surface area contributed by atoms with E-state index >= 15 is 4.79 Å². The van der Waals surface area contributed by atoms with E-state index in [9.17, 15) is 0 Å². The molecule has 0 N–H and O–H groups in total. The van der Waals surface area contributed by atoms with Crippen molar-refractivity contribution in [2.45, 2.75) is 94.0 Å². The van der Waals surface area contributed by atoms with Crippen molar-refractivity contribution >= 4 is 35.7 Å². The van der Waals surface area contributed by atoms with E-state index < -0.39 is 0 Å². The second kappa shape index (κ2) is 14.4. The zero-order chi connectivity index (χ0) is 32.3. The number of amides is 1. The van der Waals surface area contributed by atoms with Crippen LogP contribution in [0.2, 0.25) is 0 Å². The Morgan fingerprint density at radius 2 is 1.35 bits per heavy atom. The summed E-state index contributed by atoms with van der Waals surface area (Å²) >= 11 is 0. The molecule has 0 saturated heterocycles. The smallest absolute Gasteiger partial charge is 0.259 e. The van der Waals surface area contributed by atoms with Gasteiger partial charge in [0.15, 0.2) is 0 Å². The van der Waals surface area contributed by atoms with Gasteiger partial charge in [-0.25, -0.2) is 0 Å². The van der Waals surface area contributed by atoms with Gasteiger partial charge in [0.05, 0.1) is 12.1 Å². The Morgan fingerprint density at radius 3 is 2.06 bits per heavy atom. The molecular weight excluding hydrogens is 603 g/mol. The summed E-state index contributed by atoms with van der Waals surface area (Å²) in [5, 5.41) is 3.74. The maximum absolute atomic E-state index is 15.2. The summed E-state index contributed by atoms with van der Waals surface area (Å²) in [5.41, 5.74) is 4.63. The number of amidine groups is 1. The molecule has 0 radical (unpaired) electrons. The van der Waals surface area contributed by atoms with Crippen LogP contribution in [0.3, 0.4) is 0 Å². The number of nitrogens with zero attached hydrogens (tertiary/aromatic N) is 2. The number of allylic oxidation sites excluding steroid dienone is 3. The zero-order valence-corrected chi connectivity index (χ0v) is 28.9. The first kappa shape index (κ1) is 31.5. The van der Waals surface area contributed by atoms with Gasteiger partial charge in [-0.15, -0.1) is 0 Å². The Kier molecular flexibility index (Phi) is 9.41. The molecule has 2 fully saturated rings. The third-order valence-corrected chi connectivity index (χ3v) is 14.8. The van der Waals surface area contributed by atoms with Crippen molar-refractivity contribution in [3.05, 3.63) is 138 Å². The van der Waals surface area contributed by atoms with E-state index in [0.717, 1.165) is 39.9 Å². The average Bonchev–Trinajstić information content (AvgIpc) is 3.57. The number of fused-ring (bicyclic) bond motifs is 1. The van der Waals surface area contributed by atoms with Crippen LogP contribution in [0, 0.1) is 5.92 Å². The molecule has 4 heteroatoms. The average molecular weight is 651 g/mol. The summed E-state index contributed by atoms with van der Waals surface area (Å²) in [6, 6.07) is 34.2. The van der Waals surface area contributed by atoms with Crippen molar-refractivity contribution < 1.29 is 4.79 Å². The van der Waals surface area contributed by atoms with Crippen molar-refractivity contribution in [3.8, 4) is 0 Å². The number of benzene rings is 4. The van der Waals surface area contributed by atoms with Crippen LogP contribution in [0.4, 0.5) is 0 Å². The Balaban J connectivity index is 1.30. The van der Waals surface area contributed by atoms with E-state index in [1.165, 1.54) is 80.6 Å². The number of carbonyl (C=O) groups excluding carboxylic acids is 1. The number of hydrogen-bond donors (Lipinski definition) is 0. The minimum absolute atomic E-state index is 0.0559. The van der Waals surface area contributed by atoms with E-state index in [4.69, 9.17) is 4.99 Å². The van der Waals surface area contributed by atoms with Crippen LogP contribution in [0.15, 0.2) is 126 Å². The van der Waals surface area contributed by atoms with Gasteiger partial charge in [-0.1, -0.05) is 156 Å². The second-order valence-electron chi connectivity index (χ2n) is 14.3. The lowest BCUT2D eigenvalue weighted by molar-refractivity contribution is 0.0779. The van der Waals surface area contributed by atoms with Crippen molar-refractivity contribution in [2.24, 2.45) is 10.9 Å². The molecule has 1 amide bonds. The molecule has 3 aliphatic carbocycles. The number of hydrogen-bond acceptors (Lipinski definition) is 2. The molecule has 1 aliphatic heterocycles. The van der Waals surface area contributed by atoms with Crippen molar-refractivity contribution in [3.63, 3.8) is 0 Å². The zero-order valence-electron chi connectivity index (χ0n) is 28.0. The van der Waals surface area contributed by atoms with Gasteiger partial charge in [0, 0.05) is 17.0 Å². The highest BCUT2D eigenvalue weighted by Gasteiger charge is 2.46. The minimum Gasteiger partial charge on any atom is -0.286 e. The molecule has 48 heavy (non-hydrogen) atoms. The molecule has 0 aromatic heterocycles. The SMILES string of the molecule is O=C(c1ccc2ccccc2c1)N1C(c2ccccc2P(C2CCCCC2)C2CCCCC2)=N[C@H](c2ccccc2)[C@H]1C1C=CC=CC1. The maximum atomic E-state index is 15.2. The van der Waals surface area contributed by atoms with Crippen molar-refractivity contribution in [1.29, 1.82) is 0 Å². The van der Waals surface area contributed by atoms with Crippen LogP contribution in [0.5, 0.6) is 0 Å². The standard InChI is InChI=1S/C44H47N2OP/c47-44(36-30-29-32-17-13-14-22-35(32)31-36)46-42(34-20-7-2-8-21-34)41(33-18-5-1-6-19-33)45-43(46)39-27-15-16-28-40(39)48(37-23-9-3-10-24-37)38-25-11-4-12-26-38/h1-2,5-8,13-20,22,27-31,34,37-38,41-42H,3-4,9-12,21,23-26H2/t34?,41-,42-/m1/s1. The lowest BCUT2D eigenvalue weighted by Gasteiger charge is -2.40. The lowest BCUT2D eigenvalue weighted by Crippen LogP contribution is -2.47. The fourth-order valence-electron chi connectivity index (χ4n) is 8.94. The number of aliphatic imine (C=N–C) groups is 1. The quantitative estimate of drug-likeness (QED) is 0.183. The van der Waals surface area contributed by atoms with Gasteiger partial charge >= 0.3 is 0 Å². The van der Waals surface area contributed by atoms with E-state index in [2.05, 4.69) is 120 Å². The topological polar surface area (TPSA) is 32.7 Å². The van der Waals surface area contributed by atoms with Gasteiger partial charge in [-0.3, -0.25) is 14.7 Å². The molecule has 0 spiro atoms. The van der Waals surface area contributed by atoms with Gasteiger partial charge in [-0.05, 0) is 77.2 Å². The molecule has 1 unspecified atom stereocenters. The van der Waals surface area contributed by atoms with Gasteiger partial charge in [0.2, 0.25) is 0 Å². The van der Waals surface area contributed by atoms with Gasteiger partial charge in [-0.2, -0.15) is 0 Å². The molecule has 4 aromatic carbocycles. The summed E-state index contributed by atoms with van der Waals surface area (Å²) in [7, 11) is -0.386. The first-order valence-corrected chi connectivity index (χ1v) is 19.9. The van der Waals surface area contributed by atoms with Gasteiger partial charge < -0.3 is 0 Å². The first-order valence-electron chi connectivity index (χ1n) is 18.4. The molecule has 4 aromatic rings. The van der Waals surface area contributed by atoms with Gasteiger partial charge in [0.25, 0.3) is 5.91 Å². The highest BCUT2D eigenvalue weighted by atomic mass is 31.1. The normalized spacial score (nSPS) is 23.6. The van der Waals surface area contributed by atoms with Crippen LogP contribution in [0.25, 0.3) is 10.8 Å². The van der Waals surface area contributed by atoms with E-state index in [0.29, 0.717) is 0 Å². The summed E-state index contributed by atoms with van der Waals surface area (Å²) in [6.07, 6.45) is 23.3. The molecule has 0 bridgehead atoms. The monoisotopic (exact) mass is 650 g/mol. The summed E-state index contributed by atoms with van der Waals surface area (Å²) < 4.78 is 0. The Hall–Kier alpha value is -3.81. The molecule has 4 aliphatic rings. The second-order valence-corrected chi connectivity index (χ2v) is 17.0. The predicted octanol–water partition coefficient (Wildman–Crippen LogP) is 10.8. The van der Waals surface area contributed by atoms with Crippen LogP contribution < -0.4 is 5.30 Å². The Labute approximate surface area is 287 Å². The van der Waals surface area contributed by atoms with E-state index in [1.807, 2.05) is 6.07 Å². The summed E-state index contributed by atoms with van der Waals surface area (Å²) in [5.74, 6) is 1.10. The van der Waals surface area contributed by atoms with Crippen LogP contribution in [-0.4, -0.2) is 34.0 Å². The fourth-order valence-corrected chi connectivity index (χ4v) is 12.9. The predicted molar refractivity (Wildman–Crippen MR) is 203 cm³/mol. The highest BCUT2D eigenvalue weighted by Crippen LogP contribution is 2.56. The fraction of sp³-hybridized carbons (Fsp3) is 0.364. The third-order valence-electron chi connectivity index (χ3n) is 11.3. The van der Waals surface area contributed by atoms with Crippen LogP contribution in [-0.2, 0) is 0 Å². The molecule has 244 valence electrons. The molecule has 3 atom stereocenters. The minimum atomic E-state index is -0.386. The molecule has 8 rings (SSSR count). The molecule has 2 saturated carbocycles. The Bertz CT molecular complexity index is 1810.